The normalized spacial score (nSPS) is 14.9. The Kier molecular flexibility index (Phi) is 6.23. The fourth-order valence-electron chi connectivity index (χ4n) is 4.89. The van der Waals surface area contributed by atoms with Crippen LogP contribution in [0.5, 0.6) is 5.75 Å². The molecular formula is C29H25N3O5. The van der Waals surface area contributed by atoms with Crippen LogP contribution in [0.2, 0.25) is 0 Å². The van der Waals surface area contributed by atoms with Crippen LogP contribution in [0, 0.1) is 0 Å². The summed E-state index contributed by atoms with van der Waals surface area (Å²) in [7, 11) is 1.66. The van der Waals surface area contributed by atoms with Gasteiger partial charge in [0, 0.05) is 31.4 Å². The second kappa shape index (κ2) is 9.66. The van der Waals surface area contributed by atoms with E-state index in [0.717, 1.165) is 11.1 Å². The van der Waals surface area contributed by atoms with Crippen LogP contribution in [0.1, 0.15) is 43.9 Å². The topological polar surface area (TPSA) is 112 Å². The van der Waals surface area contributed by atoms with Gasteiger partial charge in [-0.05, 0) is 35.4 Å². The molecule has 0 saturated heterocycles. The zero-order valence-corrected chi connectivity index (χ0v) is 20.0. The number of likely N-dealkylation sites (N-methyl/N-ethyl adjacent to an activating group) is 1. The van der Waals surface area contributed by atoms with Gasteiger partial charge in [0.05, 0.1) is 11.6 Å². The maximum absolute atomic E-state index is 13.1. The highest BCUT2D eigenvalue weighted by molar-refractivity contribution is 5.96. The smallest absolute Gasteiger partial charge is 0.335 e. The van der Waals surface area contributed by atoms with Gasteiger partial charge in [0.15, 0.2) is 11.4 Å². The predicted octanol–water partition coefficient (Wildman–Crippen LogP) is 4.45. The molecule has 2 heterocycles. The molecule has 0 aliphatic carbocycles. The van der Waals surface area contributed by atoms with E-state index in [2.05, 4.69) is 5.32 Å². The van der Waals surface area contributed by atoms with Crippen LogP contribution in [-0.4, -0.2) is 45.1 Å². The summed E-state index contributed by atoms with van der Waals surface area (Å²) in [5.41, 5.74) is 1.94. The second-order valence-electron chi connectivity index (χ2n) is 9.04. The molecule has 0 spiro atoms. The molecule has 5 rings (SSSR count). The Morgan fingerprint density at radius 2 is 1.49 bits per heavy atom. The number of aromatic carboxylic acids is 1. The predicted molar refractivity (Wildman–Crippen MR) is 140 cm³/mol. The quantitative estimate of drug-likeness (QED) is 0.364. The summed E-state index contributed by atoms with van der Waals surface area (Å²) in [6, 6.07) is 25.4. The first-order valence-corrected chi connectivity index (χ1v) is 11.8. The fraction of sp³-hybridized carbons (Fsp3) is 0.138. The number of aromatic nitrogens is 1. The number of nitrogens with one attached hydrogen (secondary N) is 1. The van der Waals surface area contributed by atoms with Crippen LogP contribution in [0.25, 0.3) is 0 Å². The van der Waals surface area contributed by atoms with E-state index in [-0.39, 0.29) is 28.9 Å². The van der Waals surface area contributed by atoms with Gasteiger partial charge in [-0.15, -0.1) is 0 Å². The zero-order chi connectivity index (χ0) is 26.1. The lowest BCUT2D eigenvalue weighted by Gasteiger charge is -2.39. The van der Waals surface area contributed by atoms with Crippen molar-refractivity contribution >= 4 is 23.3 Å². The number of benzene rings is 3. The third kappa shape index (κ3) is 4.45. The van der Waals surface area contributed by atoms with Crippen LogP contribution < -0.4 is 10.7 Å². The van der Waals surface area contributed by atoms with Gasteiger partial charge < -0.3 is 25.0 Å². The van der Waals surface area contributed by atoms with Crippen LogP contribution in [0.3, 0.4) is 0 Å². The van der Waals surface area contributed by atoms with Gasteiger partial charge in [0.2, 0.25) is 5.43 Å². The number of fused-ring (bicyclic) bond motifs is 1. The van der Waals surface area contributed by atoms with Crippen molar-refractivity contribution < 1.29 is 19.8 Å². The van der Waals surface area contributed by atoms with E-state index >= 15 is 0 Å². The standard InChI is InChI=1S/C29H25N3O5/c1-31-17-23(24(18-8-4-2-5-9-18)19-10-6-3-7-11-19)32-16-22(26(33)27(34)25(32)28(31)35)30-21-14-12-20(13-15-21)29(36)37/h2-16,23-24,30,34H,17H2,1H3,(H,36,37)/t23-/m1/s1. The minimum absolute atomic E-state index is 0.0626. The first kappa shape index (κ1) is 23.9. The maximum Gasteiger partial charge on any atom is 0.335 e. The number of hydrogen-bond acceptors (Lipinski definition) is 5. The lowest BCUT2D eigenvalue weighted by molar-refractivity contribution is 0.0690. The molecule has 186 valence electrons. The number of amides is 1. The summed E-state index contributed by atoms with van der Waals surface area (Å²) in [6.07, 6.45) is 1.57. The lowest BCUT2D eigenvalue weighted by Crippen LogP contribution is -2.44. The van der Waals surface area contributed by atoms with E-state index < -0.39 is 23.1 Å². The van der Waals surface area contributed by atoms with Gasteiger partial charge in [-0.2, -0.15) is 0 Å². The van der Waals surface area contributed by atoms with Crippen molar-refractivity contribution in [2.75, 3.05) is 18.9 Å². The molecule has 1 atom stereocenters. The summed E-state index contributed by atoms with van der Waals surface area (Å²) in [4.78, 5) is 38.9. The summed E-state index contributed by atoms with van der Waals surface area (Å²) >= 11 is 0. The molecule has 1 aliphatic heterocycles. The van der Waals surface area contributed by atoms with Crippen molar-refractivity contribution in [3.63, 3.8) is 0 Å². The highest BCUT2D eigenvalue weighted by Gasteiger charge is 2.38. The van der Waals surface area contributed by atoms with Gasteiger partial charge >= 0.3 is 5.97 Å². The number of aromatic hydroxyl groups is 1. The average molecular weight is 496 g/mol. The van der Waals surface area contributed by atoms with Gasteiger partial charge in [-0.1, -0.05) is 60.7 Å². The Hall–Kier alpha value is -4.85. The molecule has 4 aromatic rings. The number of rotatable bonds is 6. The molecule has 0 saturated carbocycles. The average Bonchev–Trinajstić information content (AvgIpc) is 2.91. The van der Waals surface area contributed by atoms with Crippen molar-refractivity contribution in [2.24, 2.45) is 0 Å². The number of hydrogen-bond donors (Lipinski definition) is 3. The van der Waals surface area contributed by atoms with E-state index in [4.69, 9.17) is 5.11 Å². The van der Waals surface area contributed by atoms with Crippen molar-refractivity contribution in [3.05, 3.63) is 124 Å². The van der Waals surface area contributed by atoms with E-state index in [1.165, 1.54) is 29.2 Å². The molecule has 3 aromatic carbocycles. The number of carbonyl (C=O) groups is 2. The van der Waals surface area contributed by atoms with Crippen LogP contribution in [0.4, 0.5) is 11.4 Å². The Labute approximate surface area is 213 Å². The van der Waals surface area contributed by atoms with Crippen LogP contribution in [-0.2, 0) is 0 Å². The Morgan fingerprint density at radius 1 is 0.919 bits per heavy atom. The highest BCUT2D eigenvalue weighted by atomic mass is 16.4. The SMILES string of the molecule is CN1C[C@H](C(c2ccccc2)c2ccccc2)n2cc(Nc3ccc(C(=O)O)cc3)c(=O)c(O)c2C1=O. The summed E-state index contributed by atoms with van der Waals surface area (Å²) in [6.45, 7) is 0.356. The number of nitrogens with zero attached hydrogens (tertiary/aromatic N) is 2. The zero-order valence-electron chi connectivity index (χ0n) is 20.0. The number of carboxylic acid groups (broad SMARTS) is 1. The van der Waals surface area contributed by atoms with Crippen molar-refractivity contribution in [1.29, 1.82) is 0 Å². The first-order valence-electron chi connectivity index (χ1n) is 11.8. The summed E-state index contributed by atoms with van der Waals surface area (Å²) < 4.78 is 1.69. The summed E-state index contributed by atoms with van der Waals surface area (Å²) in [5, 5.41) is 23.1. The third-order valence-corrected chi connectivity index (χ3v) is 6.69. The summed E-state index contributed by atoms with van der Waals surface area (Å²) in [5.74, 6) is -2.31. The molecule has 3 N–H and O–H groups in total. The fourth-order valence-corrected chi connectivity index (χ4v) is 4.89. The number of carbonyl (C=O) groups excluding carboxylic acids is 1. The monoisotopic (exact) mass is 495 g/mol. The molecule has 8 nitrogen and oxygen atoms in total. The van der Waals surface area contributed by atoms with E-state index in [1.807, 2.05) is 60.7 Å². The molecule has 0 fully saturated rings. The maximum atomic E-state index is 13.1. The van der Waals surface area contributed by atoms with Crippen LogP contribution >= 0.6 is 0 Å². The minimum Gasteiger partial charge on any atom is -0.502 e. The van der Waals surface area contributed by atoms with E-state index in [9.17, 15) is 19.5 Å². The molecule has 0 bridgehead atoms. The third-order valence-electron chi connectivity index (χ3n) is 6.69. The highest BCUT2D eigenvalue weighted by Crippen LogP contribution is 2.40. The molecule has 1 amide bonds. The van der Waals surface area contributed by atoms with Gasteiger partial charge in [-0.3, -0.25) is 9.59 Å². The van der Waals surface area contributed by atoms with Gasteiger partial charge in [0.25, 0.3) is 5.91 Å². The molecule has 1 aliphatic rings. The Balaban J connectivity index is 1.66. The van der Waals surface area contributed by atoms with Crippen molar-refractivity contribution in [3.8, 4) is 5.75 Å². The molecule has 0 unspecified atom stereocenters. The molecule has 37 heavy (non-hydrogen) atoms. The molecule has 1 aromatic heterocycles. The first-order chi connectivity index (χ1) is 17.8. The number of anilines is 2. The lowest BCUT2D eigenvalue weighted by atomic mass is 9.83. The Bertz CT molecular complexity index is 1480. The number of carboxylic acids is 1. The van der Waals surface area contributed by atoms with Crippen LogP contribution in [0.15, 0.2) is 95.9 Å². The van der Waals surface area contributed by atoms with Crippen molar-refractivity contribution in [2.45, 2.75) is 12.0 Å². The molecular weight excluding hydrogens is 470 g/mol. The Morgan fingerprint density at radius 3 is 2.03 bits per heavy atom. The van der Waals surface area contributed by atoms with E-state index in [1.54, 1.807) is 17.8 Å². The molecule has 8 heteroatoms. The molecule has 0 radical (unpaired) electrons. The second-order valence-corrected chi connectivity index (χ2v) is 9.04. The van der Waals surface area contributed by atoms with E-state index in [0.29, 0.717) is 12.2 Å². The van der Waals surface area contributed by atoms with Crippen molar-refractivity contribution in [1.82, 2.24) is 9.47 Å². The van der Waals surface area contributed by atoms with Gasteiger partial charge in [0.1, 0.15) is 5.69 Å². The largest absolute Gasteiger partial charge is 0.502 e. The number of pyridine rings is 1. The van der Waals surface area contributed by atoms with Gasteiger partial charge in [-0.25, -0.2) is 4.79 Å². The minimum atomic E-state index is -1.06.